The normalized spacial score (nSPS) is 12.9. The largest absolute Gasteiger partial charge is 0.349 e. The molecule has 4 rings (SSSR count). The molecule has 0 atom stereocenters. The van der Waals surface area contributed by atoms with Gasteiger partial charge in [-0.25, -0.2) is 9.97 Å². The number of anilines is 2. The van der Waals surface area contributed by atoms with E-state index < -0.39 is 0 Å². The first-order valence-corrected chi connectivity index (χ1v) is 12.8. The van der Waals surface area contributed by atoms with Gasteiger partial charge in [-0.2, -0.15) is 0 Å². The van der Waals surface area contributed by atoms with Gasteiger partial charge in [0.25, 0.3) is 5.91 Å². The molecule has 0 aliphatic carbocycles. The Bertz CT molecular complexity index is 1280. The molecule has 3 aromatic rings. The lowest BCUT2D eigenvalue weighted by molar-refractivity contribution is -0.129. The number of aromatic nitrogens is 3. The predicted molar refractivity (Wildman–Crippen MR) is 146 cm³/mol. The molecule has 2 amide bonds. The molecule has 196 valence electrons. The minimum atomic E-state index is -0.0411. The molecule has 9 heteroatoms. The zero-order valence-corrected chi connectivity index (χ0v) is 22.5. The zero-order chi connectivity index (χ0) is 26.5. The molecular weight excluding hydrogens is 466 g/mol. The molecule has 0 saturated carbocycles. The molecule has 0 radical (unpaired) electrons. The molecule has 0 spiro atoms. The van der Waals surface area contributed by atoms with Crippen LogP contribution in [0.4, 0.5) is 11.6 Å². The summed E-state index contributed by atoms with van der Waals surface area (Å²) in [5.74, 6) is 0.599. The van der Waals surface area contributed by atoms with E-state index in [4.69, 9.17) is 4.98 Å². The highest BCUT2D eigenvalue weighted by Crippen LogP contribution is 2.32. The third-order valence-corrected chi connectivity index (χ3v) is 6.85. The summed E-state index contributed by atoms with van der Waals surface area (Å²) in [6.07, 6.45) is 3.84. The summed E-state index contributed by atoms with van der Waals surface area (Å²) in [5, 5.41) is 6.23. The van der Waals surface area contributed by atoms with Crippen LogP contribution in [0, 0.1) is 13.8 Å². The number of fused-ring (bicyclic) bond motifs is 1. The van der Waals surface area contributed by atoms with Gasteiger partial charge in [0.2, 0.25) is 11.9 Å². The van der Waals surface area contributed by atoms with Crippen molar-refractivity contribution >= 4 is 23.5 Å². The lowest BCUT2D eigenvalue weighted by Gasteiger charge is -2.18. The molecule has 0 unspecified atom stereocenters. The highest BCUT2D eigenvalue weighted by molar-refractivity contribution is 5.97. The molecule has 0 saturated heterocycles. The van der Waals surface area contributed by atoms with Gasteiger partial charge < -0.3 is 25.0 Å². The summed E-state index contributed by atoms with van der Waals surface area (Å²) < 4.78 is 2.07. The van der Waals surface area contributed by atoms with Crippen LogP contribution < -0.4 is 10.6 Å². The van der Waals surface area contributed by atoms with Gasteiger partial charge in [0.1, 0.15) is 5.69 Å². The van der Waals surface area contributed by atoms with Gasteiger partial charge >= 0.3 is 0 Å². The first-order valence-electron chi connectivity index (χ1n) is 12.8. The molecule has 0 fully saturated rings. The highest BCUT2D eigenvalue weighted by Gasteiger charge is 2.26. The van der Waals surface area contributed by atoms with Gasteiger partial charge in [-0.15, -0.1) is 0 Å². The van der Waals surface area contributed by atoms with Gasteiger partial charge in [-0.05, 0) is 76.7 Å². The number of aryl methyl sites for hydroxylation is 1. The SMILES string of the molecule is Cc1c(-c2ccnc(Nc3cccc(CCC(=O)N(C)CCCN(C)C)c3)n2)c(C)n2c1C(=O)NCC2. The summed E-state index contributed by atoms with van der Waals surface area (Å²) in [6.45, 7) is 7.12. The predicted octanol–water partition coefficient (Wildman–Crippen LogP) is 3.39. The Morgan fingerprint density at radius 2 is 1.97 bits per heavy atom. The van der Waals surface area contributed by atoms with E-state index in [2.05, 4.69) is 25.1 Å². The number of nitrogens with zero attached hydrogens (tertiary/aromatic N) is 5. The standard InChI is InChI=1S/C28H37N7O2/c1-19-25(20(2)35-17-14-29-27(37)26(19)35)23-12-13-30-28(32-23)31-22-9-6-8-21(18-22)10-11-24(36)34(5)16-7-15-33(3)4/h6,8-9,12-13,18H,7,10-11,14-17H2,1-5H3,(H,29,37)(H,30,31,32). The average Bonchev–Trinajstić information content (AvgIpc) is 3.13. The van der Waals surface area contributed by atoms with Crippen LogP contribution in [0.1, 0.15) is 40.2 Å². The highest BCUT2D eigenvalue weighted by atomic mass is 16.2. The van der Waals surface area contributed by atoms with E-state index in [1.165, 1.54) is 0 Å². The van der Waals surface area contributed by atoms with Gasteiger partial charge in [0.15, 0.2) is 0 Å². The topological polar surface area (TPSA) is 95.4 Å². The Balaban J connectivity index is 1.43. The van der Waals surface area contributed by atoms with Crippen molar-refractivity contribution in [2.75, 3.05) is 46.1 Å². The van der Waals surface area contributed by atoms with Gasteiger partial charge in [0.05, 0.1) is 5.69 Å². The van der Waals surface area contributed by atoms with Crippen molar-refractivity contribution in [2.45, 2.75) is 39.7 Å². The fourth-order valence-corrected chi connectivity index (χ4v) is 4.89. The van der Waals surface area contributed by atoms with Crippen LogP contribution in [0.5, 0.6) is 0 Å². The van der Waals surface area contributed by atoms with E-state index in [1.54, 1.807) is 6.20 Å². The third kappa shape index (κ3) is 6.17. The van der Waals surface area contributed by atoms with Gasteiger partial charge in [-0.3, -0.25) is 9.59 Å². The number of amides is 2. The molecule has 1 aromatic carbocycles. The monoisotopic (exact) mass is 503 g/mol. The number of carbonyl (C=O) groups excluding carboxylic acids is 2. The van der Waals surface area contributed by atoms with Crippen molar-refractivity contribution < 1.29 is 9.59 Å². The lowest BCUT2D eigenvalue weighted by atomic mass is 10.1. The molecule has 3 heterocycles. The maximum Gasteiger partial charge on any atom is 0.268 e. The van der Waals surface area contributed by atoms with Crippen LogP contribution >= 0.6 is 0 Å². The number of nitrogens with one attached hydrogen (secondary N) is 2. The first kappa shape index (κ1) is 26.3. The number of hydrogen-bond donors (Lipinski definition) is 2. The summed E-state index contributed by atoms with van der Waals surface area (Å²) >= 11 is 0. The van der Waals surface area contributed by atoms with Crippen molar-refractivity contribution in [1.82, 2.24) is 29.7 Å². The van der Waals surface area contributed by atoms with Crippen LogP contribution in [0.2, 0.25) is 0 Å². The molecule has 1 aliphatic heterocycles. The Morgan fingerprint density at radius 3 is 2.73 bits per heavy atom. The first-order chi connectivity index (χ1) is 17.7. The minimum Gasteiger partial charge on any atom is -0.349 e. The van der Waals surface area contributed by atoms with Crippen LogP contribution in [-0.2, 0) is 17.8 Å². The lowest BCUT2D eigenvalue weighted by Crippen LogP contribution is -2.35. The molecule has 37 heavy (non-hydrogen) atoms. The number of hydrogen-bond acceptors (Lipinski definition) is 6. The second kappa shape index (κ2) is 11.6. The second-order valence-corrected chi connectivity index (χ2v) is 9.90. The molecular formula is C28H37N7O2. The number of benzene rings is 1. The molecule has 2 aromatic heterocycles. The van der Waals surface area contributed by atoms with Gasteiger partial charge in [-0.1, -0.05) is 12.1 Å². The fourth-order valence-electron chi connectivity index (χ4n) is 4.89. The minimum absolute atomic E-state index is 0.0411. The maximum absolute atomic E-state index is 12.5. The van der Waals surface area contributed by atoms with E-state index in [9.17, 15) is 9.59 Å². The van der Waals surface area contributed by atoms with E-state index in [1.807, 2.05) is 70.2 Å². The average molecular weight is 504 g/mol. The second-order valence-electron chi connectivity index (χ2n) is 9.90. The van der Waals surface area contributed by atoms with Crippen LogP contribution in [0.15, 0.2) is 36.5 Å². The fraction of sp³-hybridized carbons (Fsp3) is 0.429. The zero-order valence-electron chi connectivity index (χ0n) is 22.5. The Hall–Kier alpha value is -3.72. The van der Waals surface area contributed by atoms with E-state index >= 15 is 0 Å². The van der Waals surface area contributed by atoms with E-state index in [0.29, 0.717) is 31.0 Å². The summed E-state index contributed by atoms with van der Waals surface area (Å²) in [6, 6.07) is 9.88. The molecule has 1 aliphatic rings. The number of carbonyl (C=O) groups is 2. The van der Waals surface area contributed by atoms with Crippen LogP contribution in [0.3, 0.4) is 0 Å². The third-order valence-electron chi connectivity index (χ3n) is 6.85. The van der Waals surface area contributed by atoms with Crippen molar-refractivity contribution in [3.8, 4) is 11.3 Å². The molecule has 2 N–H and O–H groups in total. The van der Waals surface area contributed by atoms with Crippen molar-refractivity contribution in [3.05, 3.63) is 59.0 Å². The van der Waals surface area contributed by atoms with Crippen LogP contribution in [-0.4, -0.2) is 76.9 Å². The maximum atomic E-state index is 12.5. The Kier molecular flexibility index (Phi) is 8.23. The summed E-state index contributed by atoms with van der Waals surface area (Å²) in [4.78, 5) is 38.1. The quantitative estimate of drug-likeness (QED) is 0.440. The van der Waals surface area contributed by atoms with E-state index in [-0.39, 0.29) is 11.8 Å². The van der Waals surface area contributed by atoms with Gasteiger partial charge in [0, 0.05) is 56.2 Å². The van der Waals surface area contributed by atoms with Crippen molar-refractivity contribution in [2.24, 2.45) is 0 Å². The van der Waals surface area contributed by atoms with Crippen molar-refractivity contribution in [3.63, 3.8) is 0 Å². The number of rotatable bonds is 10. The smallest absolute Gasteiger partial charge is 0.268 e. The van der Waals surface area contributed by atoms with Crippen LogP contribution in [0.25, 0.3) is 11.3 Å². The van der Waals surface area contributed by atoms with Crippen molar-refractivity contribution in [1.29, 1.82) is 0 Å². The Labute approximate surface area is 218 Å². The van der Waals surface area contributed by atoms with E-state index in [0.717, 1.165) is 59.8 Å². The molecule has 9 nitrogen and oxygen atoms in total. The summed E-state index contributed by atoms with van der Waals surface area (Å²) in [5.41, 5.74) is 6.36. The Morgan fingerprint density at radius 1 is 1.16 bits per heavy atom. The molecule has 0 bridgehead atoms. The summed E-state index contributed by atoms with van der Waals surface area (Å²) in [7, 11) is 5.96.